The van der Waals surface area contributed by atoms with Crippen LogP contribution in [0.1, 0.15) is 31.3 Å². The van der Waals surface area contributed by atoms with Crippen molar-refractivity contribution in [3.05, 3.63) is 29.0 Å². The monoisotopic (exact) mass is 321 g/mol. The summed E-state index contributed by atoms with van der Waals surface area (Å²) in [5.74, 6) is 2.46. The Bertz CT molecular complexity index is 730. The minimum atomic E-state index is 0.250. The van der Waals surface area contributed by atoms with Crippen LogP contribution in [0.4, 0.5) is 0 Å². The van der Waals surface area contributed by atoms with Gasteiger partial charge in [-0.1, -0.05) is 11.8 Å². The molecular weight excluding hydrogens is 306 g/mol. The average Bonchev–Trinajstić information content (AvgIpc) is 3.15. The van der Waals surface area contributed by atoms with Crippen molar-refractivity contribution < 1.29 is 4.42 Å². The Balaban J connectivity index is 1.69. The zero-order valence-electron chi connectivity index (χ0n) is 12.0. The molecule has 0 atom stereocenters. The van der Waals surface area contributed by atoms with Crippen LogP contribution in [0, 0.1) is 6.92 Å². The summed E-state index contributed by atoms with van der Waals surface area (Å²) in [7, 11) is 0. The third kappa shape index (κ3) is 3.16. The molecule has 3 aromatic heterocycles. The van der Waals surface area contributed by atoms with Crippen LogP contribution >= 0.6 is 23.1 Å². The van der Waals surface area contributed by atoms with Gasteiger partial charge in [0, 0.05) is 11.1 Å². The second kappa shape index (κ2) is 5.98. The van der Waals surface area contributed by atoms with Gasteiger partial charge in [0.25, 0.3) is 0 Å². The van der Waals surface area contributed by atoms with Crippen molar-refractivity contribution in [1.29, 1.82) is 0 Å². The lowest BCUT2D eigenvalue weighted by Gasteiger charge is -2.05. The molecule has 0 saturated carbocycles. The first kappa shape index (κ1) is 14.3. The molecule has 0 aliphatic carbocycles. The van der Waals surface area contributed by atoms with Crippen molar-refractivity contribution in [2.75, 3.05) is 0 Å². The number of thiazole rings is 1. The van der Waals surface area contributed by atoms with Gasteiger partial charge in [0.15, 0.2) is 10.8 Å². The zero-order valence-corrected chi connectivity index (χ0v) is 13.6. The largest absolute Gasteiger partial charge is 0.459 e. The van der Waals surface area contributed by atoms with Crippen molar-refractivity contribution in [2.45, 2.75) is 37.7 Å². The Kier molecular flexibility index (Phi) is 4.07. The standard InChI is InChI=1S/C13H15N5OS2/c1-8(2)18-13(15-16-17-18)21-7-10-6-20-12(14-10)11-5-4-9(3)19-11/h4-6,8H,7H2,1-3H3. The molecule has 0 fully saturated rings. The number of rotatable bonds is 5. The second-order valence-electron chi connectivity index (χ2n) is 4.84. The number of tetrazole rings is 1. The molecule has 3 aromatic rings. The Morgan fingerprint density at radius 2 is 2.24 bits per heavy atom. The smallest absolute Gasteiger partial charge is 0.209 e. The van der Waals surface area contributed by atoms with Crippen LogP contribution in [-0.4, -0.2) is 25.2 Å². The molecule has 0 radical (unpaired) electrons. The summed E-state index contributed by atoms with van der Waals surface area (Å²) in [5, 5.41) is 15.5. The average molecular weight is 321 g/mol. The molecule has 0 aliphatic rings. The third-order valence-electron chi connectivity index (χ3n) is 2.80. The van der Waals surface area contributed by atoms with E-state index in [2.05, 4.69) is 34.4 Å². The lowest BCUT2D eigenvalue weighted by atomic mass is 10.4. The van der Waals surface area contributed by atoms with Gasteiger partial charge in [-0.2, -0.15) is 0 Å². The zero-order chi connectivity index (χ0) is 14.8. The summed E-state index contributed by atoms with van der Waals surface area (Å²) in [4.78, 5) is 4.59. The van der Waals surface area contributed by atoms with Crippen molar-refractivity contribution in [1.82, 2.24) is 25.2 Å². The Hall–Kier alpha value is -1.67. The van der Waals surface area contributed by atoms with Gasteiger partial charge in [0.1, 0.15) is 5.76 Å². The number of nitrogens with zero attached hydrogens (tertiary/aromatic N) is 5. The first-order valence-corrected chi connectivity index (χ1v) is 8.42. The highest BCUT2D eigenvalue weighted by Gasteiger charge is 2.12. The maximum atomic E-state index is 5.59. The number of aromatic nitrogens is 5. The topological polar surface area (TPSA) is 69.6 Å². The quantitative estimate of drug-likeness (QED) is 0.669. The normalized spacial score (nSPS) is 11.4. The molecular formula is C13H15N5OS2. The number of aryl methyl sites for hydroxylation is 1. The predicted octanol–water partition coefficient (Wildman–Crippen LogP) is 3.57. The van der Waals surface area contributed by atoms with E-state index in [1.54, 1.807) is 23.1 Å². The van der Waals surface area contributed by atoms with E-state index in [9.17, 15) is 0 Å². The predicted molar refractivity (Wildman–Crippen MR) is 82.3 cm³/mol. The summed E-state index contributed by atoms with van der Waals surface area (Å²) in [6.07, 6.45) is 0. The van der Waals surface area contributed by atoms with Crippen LogP contribution in [0.2, 0.25) is 0 Å². The number of thioether (sulfide) groups is 1. The van der Waals surface area contributed by atoms with Crippen LogP contribution in [0.5, 0.6) is 0 Å². The van der Waals surface area contributed by atoms with Crippen molar-refractivity contribution in [3.8, 4) is 10.8 Å². The molecule has 0 aliphatic heterocycles. The van der Waals surface area contributed by atoms with E-state index in [1.165, 1.54) is 0 Å². The Morgan fingerprint density at radius 3 is 2.95 bits per heavy atom. The minimum absolute atomic E-state index is 0.250. The molecule has 3 heterocycles. The lowest BCUT2D eigenvalue weighted by Crippen LogP contribution is -2.04. The number of hydrogen-bond donors (Lipinski definition) is 0. The van der Waals surface area contributed by atoms with E-state index >= 15 is 0 Å². The summed E-state index contributed by atoms with van der Waals surface area (Å²) >= 11 is 3.18. The first-order valence-electron chi connectivity index (χ1n) is 6.55. The summed E-state index contributed by atoms with van der Waals surface area (Å²) < 4.78 is 7.40. The maximum absolute atomic E-state index is 5.59. The van der Waals surface area contributed by atoms with Gasteiger partial charge in [-0.15, -0.1) is 16.4 Å². The molecule has 0 spiro atoms. The minimum Gasteiger partial charge on any atom is -0.459 e. The highest BCUT2D eigenvalue weighted by atomic mass is 32.2. The van der Waals surface area contributed by atoms with Crippen LogP contribution in [-0.2, 0) is 5.75 Å². The van der Waals surface area contributed by atoms with Crippen LogP contribution in [0.25, 0.3) is 10.8 Å². The molecule has 8 heteroatoms. The highest BCUT2D eigenvalue weighted by molar-refractivity contribution is 7.98. The fourth-order valence-electron chi connectivity index (χ4n) is 1.78. The number of hydrogen-bond acceptors (Lipinski definition) is 7. The summed E-state index contributed by atoms with van der Waals surface area (Å²) in [6, 6.07) is 4.14. The van der Waals surface area contributed by atoms with E-state index in [0.29, 0.717) is 0 Å². The van der Waals surface area contributed by atoms with Crippen LogP contribution < -0.4 is 0 Å². The molecule has 0 amide bonds. The lowest BCUT2D eigenvalue weighted by molar-refractivity contribution is 0.477. The van der Waals surface area contributed by atoms with Crippen molar-refractivity contribution >= 4 is 23.1 Å². The molecule has 6 nitrogen and oxygen atoms in total. The molecule has 0 aromatic carbocycles. The van der Waals surface area contributed by atoms with Gasteiger partial charge < -0.3 is 4.42 Å². The van der Waals surface area contributed by atoms with Gasteiger partial charge in [-0.05, 0) is 43.3 Å². The molecule has 21 heavy (non-hydrogen) atoms. The van der Waals surface area contributed by atoms with E-state index in [0.717, 1.165) is 33.1 Å². The van der Waals surface area contributed by atoms with Crippen LogP contribution in [0.3, 0.4) is 0 Å². The van der Waals surface area contributed by atoms with Gasteiger partial charge in [0.05, 0.1) is 11.7 Å². The SMILES string of the molecule is Cc1ccc(-c2nc(CSc3nnnn3C(C)C)cs2)o1. The van der Waals surface area contributed by atoms with E-state index in [1.807, 2.05) is 29.1 Å². The maximum Gasteiger partial charge on any atom is 0.209 e. The Morgan fingerprint density at radius 1 is 1.38 bits per heavy atom. The van der Waals surface area contributed by atoms with Gasteiger partial charge in [0.2, 0.25) is 5.16 Å². The highest BCUT2D eigenvalue weighted by Crippen LogP contribution is 2.28. The fourth-order valence-corrected chi connectivity index (χ4v) is 3.56. The fraction of sp³-hybridized carbons (Fsp3) is 0.385. The summed E-state index contributed by atoms with van der Waals surface area (Å²) in [5.41, 5.74) is 1.01. The van der Waals surface area contributed by atoms with E-state index in [4.69, 9.17) is 4.42 Å². The molecule has 0 N–H and O–H groups in total. The molecule has 3 rings (SSSR count). The van der Waals surface area contributed by atoms with Crippen LogP contribution in [0.15, 0.2) is 27.1 Å². The van der Waals surface area contributed by atoms with Gasteiger partial charge in [-0.3, -0.25) is 0 Å². The second-order valence-corrected chi connectivity index (χ2v) is 6.64. The van der Waals surface area contributed by atoms with Gasteiger partial charge >= 0.3 is 0 Å². The number of furan rings is 1. The molecule has 0 bridgehead atoms. The first-order chi connectivity index (χ1) is 10.1. The van der Waals surface area contributed by atoms with Crippen molar-refractivity contribution in [3.63, 3.8) is 0 Å². The molecule has 0 unspecified atom stereocenters. The third-order valence-corrected chi connectivity index (χ3v) is 4.68. The molecule has 110 valence electrons. The summed E-state index contributed by atoms with van der Waals surface area (Å²) in [6.45, 7) is 6.04. The molecule has 0 saturated heterocycles. The van der Waals surface area contributed by atoms with E-state index < -0.39 is 0 Å². The van der Waals surface area contributed by atoms with Crippen molar-refractivity contribution in [2.24, 2.45) is 0 Å². The Labute approximate surface area is 130 Å². The van der Waals surface area contributed by atoms with Gasteiger partial charge in [-0.25, -0.2) is 9.67 Å². The van der Waals surface area contributed by atoms with E-state index in [-0.39, 0.29) is 6.04 Å².